The fraction of sp³-hybridized carbons (Fsp3) is 0. The molecule has 29 heavy (non-hydrogen) atoms. The summed E-state index contributed by atoms with van der Waals surface area (Å²) in [5, 5.41) is 13.3. The number of amides is 1. The number of nitrogens with one attached hydrogen (secondary N) is 2. The van der Waals surface area contributed by atoms with Crippen LogP contribution in [0.3, 0.4) is 0 Å². The van der Waals surface area contributed by atoms with Crippen LogP contribution in [0.4, 0.5) is 10.5 Å². The number of aromatic nitrogens is 3. The Morgan fingerprint density at radius 3 is 2.66 bits per heavy atom. The number of nitrogens with two attached hydrogens (primary N) is 1. The van der Waals surface area contributed by atoms with Gasteiger partial charge in [0.2, 0.25) is 11.6 Å². The molecule has 0 radical (unpaired) electrons. The molecule has 11 nitrogen and oxygen atoms in total. The first-order chi connectivity index (χ1) is 13.9. The Hall–Kier alpha value is -3.50. The minimum absolute atomic E-state index is 0.345. The molecule has 0 saturated carbocycles. The van der Waals surface area contributed by atoms with Gasteiger partial charge >= 0.3 is 12.1 Å². The first-order valence-corrected chi connectivity index (χ1v) is 9.18. The van der Waals surface area contributed by atoms with Crippen LogP contribution in [0.2, 0.25) is 0 Å². The predicted molar refractivity (Wildman–Crippen MR) is 108 cm³/mol. The number of aromatic amines is 1. The van der Waals surface area contributed by atoms with Gasteiger partial charge in [0.1, 0.15) is 18.0 Å². The summed E-state index contributed by atoms with van der Waals surface area (Å²) in [7, 11) is 0. The van der Waals surface area contributed by atoms with Crippen molar-refractivity contribution in [2.45, 2.75) is 0 Å². The van der Waals surface area contributed by atoms with E-state index in [0.717, 1.165) is 0 Å². The molecule has 0 spiro atoms. The number of nitrogens with zero attached hydrogens (tertiary/aromatic N) is 4. The number of carbonyl (C=O) groups excluding carboxylic acids is 2. The van der Waals surface area contributed by atoms with Gasteiger partial charge in [-0.2, -0.15) is 10.4 Å². The highest BCUT2D eigenvalue weighted by atomic mass is 79.9. The molecule has 2 heterocycles. The first-order valence-electron chi connectivity index (χ1n) is 7.59. The van der Waals surface area contributed by atoms with Crippen molar-refractivity contribution in [2.24, 2.45) is 10.8 Å². The van der Waals surface area contributed by atoms with Crippen LogP contribution in [0, 0.1) is 11.3 Å². The van der Waals surface area contributed by atoms with Gasteiger partial charge in [-0.25, -0.2) is 19.6 Å². The molecule has 0 aliphatic carbocycles. The number of hydrogen-bond acceptors (Lipinski definition) is 9. The lowest BCUT2D eigenvalue weighted by Gasteiger charge is -2.11. The highest BCUT2D eigenvalue weighted by molar-refractivity contribution is 9.11. The summed E-state index contributed by atoms with van der Waals surface area (Å²) in [4.78, 5) is 33.3. The van der Waals surface area contributed by atoms with Gasteiger partial charge in [-0.3, -0.25) is 5.43 Å². The fourth-order valence-electron chi connectivity index (χ4n) is 2.12. The number of primary amides is 1. The molecule has 0 saturated heterocycles. The Morgan fingerprint density at radius 1 is 1.28 bits per heavy atom. The average Bonchev–Trinajstić information content (AvgIpc) is 3.14. The maximum absolute atomic E-state index is 11.5. The molecule has 0 bridgehead atoms. The summed E-state index contributed by atoms with van der Waals surface area (Å²) >= 11 is 6.77. The van der Waals surface area contributed by atoms with Crippen molar-refractivity contribution in [3.05, 3.63) is 39.7 Å². The van der Waals surface area contributed by atoms with Crippen LogP contribution < -0.4 is 15.9 Å². The predicted octanol–water partition coefficient (Wildman–Crippen LogP) is 3.19. The van der Waals surface area contributed by atoms with Gasteiger partial charge in [0.05, 0.1) is 20.0 Å². The average molecular weight is 523 g/mol. The maximum atomic E-state index is 11.5. The number of halogens is 2. The third-order valence-electron chi connectivity index (χ3n) is 3.30. The van der Waals surface area contributed by atoms with Crippen LogP contribution >= 0.6 is 31.9 Å². The zero-order valence-electron chi connectivity index (χ0n) is 14.1. The van der Waals surface area contributed by atoms with Crippen molar-refractivity contribution in [1.29, 1.82) is 5.26 Å². The monoisotopic (exact) mass is 521 g/mol. The van der Waals surface area contributed by atoms with E-state index < -0.39 is 17.8 Å². The van der Waals surface area contributed by atoms with Crippen LogP contribution in [0.5, 0.6) is 11.6 Å². The molecule has 3 aromatic rings. The molecule has 1 amide bonds. The van der Waals surface area contributed by atoms with Crippen molar-refractivity contribution < 1.29 is 19.1 Å². The van der Waals surface area contributed by atoms with Gasteiger partial charge in [0.15, 0.2) is 5.75 Å². The molecule has 146 valence electrons. The van der Waals surface area contributed by atoms with E-state index in [0.29, 0.717) is 37.3 Å². The van der Waals surface area contributed by atoms with E-state index in [1.54, 1.807) is 24.4 Å². The number of anilines is 1. The van der Waals surface area contributed by atoms with Gasteiger partial charge in [0.25, 0.3) is 0 Å². The highest BCUT2D eigenvalue weighted by Gasteiger charge is 2.17. The van der Waals surface area contributed by atoms with E-state index in [2.05, 4.69) is 62.1 Å². The third-order valence-corrected chi connectivity index (χ3v) is 4.48. The molecule has 0 aliphatic rings. The topological polar surface area (TPSA) is 168 Å². The Kier molecular flexibility index (Phi) is 6.05. The highest BCUT2D eigenvalue weighted by Crippen LogP contribution is 2.40. The minimum Gasteiger partial charge on any atom is -0.436 e. The lowest BCUT2D eigenvalue weighted by atomic mass is 10.3. The normalized spacial score (nSPS) is 11.0. The van der Waals surface area contributed by atoms with Crippen LogP contribution in [-0.2, 0) is 9.53 Å². The van der Waals surface area contributed by atoms with Crippen LogP contribution in [-0.4, -0.2) is 32.7 Å². The lowest BCUT2D eigenvalue weighted by molar-refractivity contribution is -0.129. The Labute approximate surface area is 179 Å². The van der Waals surface area contributed by atoms with Crippen LogP contribution in [0.15, 0.2) is 44.8 Å². The Morgan fingerprint density at radius 2 is 2.00 bits per heavy atom. The molecule has 4 N–H and O–H groups in total. The molecule has 0 atom stereocenters. The summed E-state index contributed by atoms with van der Waals surface area (Å²) < 4.78 is 11.0. The van der Waals surface area contributed by atoms with E-state index in [4.69, 9.17) is 15.7 Å². The molecule has 1 aromatic carbocycles. The molecule has 3 rings (SSSR count). The van der Waals surface area contributed by atoms with Crippen molar-refractivity contribution >= 4 is 66.4 Å². The smallest absolute Gasteiger partial charge is 0.412 e. The molecule has 13 heteroatoms. The van der Waals surface area contributed by atoms with Gasteiger partial charge < -0.3 is 20.2 Å². The van der Waals surface area contributed by atoms with Crippen molar-refractivity contribution in [3.8, 4) is 17.7 Å². The molecule has 0 unspecified atom stereocenters. The molecule has 0 fully saturated rings. The number of esters is 1. The second-order valence-corrected chi connectivity index (χ2v) is 6.89. The Balaban J connectivity index is 1.83. The van der Waals surface area contributed by atoms with Gasteiger partial charge in [-0.1, -0.05) is 0 Å². The van der Waals surface area contributed by atoms with Crippen LogP contribution in [0.1, 0.15) is 0 Å². The summed E-state index contributed by atoms with van der Waals surface area (Å²) in [6, 6.07) is 6.47. The lowest BCUT2D eigenvalue weighted by Crippen LogP contribution is -2.24. The number of nitriles is 1. The summed E-state index contributed by atoms with van der Waals surface area (Å²) in [5.74, 6) is -0.503. The standard InChI is InChI=1S/C16H9Br2N7O4/c17-9-3-7(24-25-11(5-19)15(26)29-16(20)27)4-10(18)12(9)28-14-8-1-2-21-13(8)22-6-23-14/h1-4,6,24H,(H2,20,27)(H,21,22,23). The SMILES string of the molecule is N#CC(=NNc1cc(Br)c(Oc2ncnc3[nH]ccc23)c(Br)c1)C(=O)OC(N)=O. The third kappa shape index (κ3) is 4.68. The number of benzene rings is 1. The summed E-state index contributed by atoms with van der Waals surface area (Å²) in [6.07, 6.45) is 1.75. The number of ether oxygens (including phenoxy) is 2. The number of fused-ring (bicyclic) bond motifs is 1. The summed E-state index contributed by atoms with van der Waals surface area (Å²) in [6.45, 7) is 0. The van der Waals surface area contributed by atoms with E-state index in [1.165, 1.54) is 12.4 Å². The molecular weight excluding hydrogens is 514 g/mol. The van der Waals surface area contributed by atoms with Crippen molar-refractivity contribution in [1.82, 2.24) is 15.0 Å². The zero-order chi connectivity index (χ0) is 21.0. The fourth-order valence-corrected chi connectivity index (χ4v) is 3.47. The molecule has 0 aliphatic heterocycles. The number of H-pyrrole nitrogens is 1. The second kappa shape index (κ2) is 8.67. The van der Waals surface area contributed by atoms with Crippen molar-refractivity contribution in [3.63, 3.8) is 0 Å². The van der Waals surface area contributed by atoms with E-state index in [-0.39, 0.29) is 0 Å². The largest absolute Gasteiger partial charge is 0.436 e. The number of rotatable bonds is 5. The molecular formula is C16H9Br2N7O4. The van der Waals surface area contributed by atoms with Crippen molar-refractivity contribution in [2.75, 3.05) is 5.43 Å². The quantitative estimate of drug-likeness (QED) is 0.198. The van der Waals surface area contributed by atoms with Crippen LogP contribution in [0.25, 0.3) is 11.0 Å². The van der Waals surface area contributed by atoms with Gasteiger partial charge in [0, 0.05) is 6.20 Å². The Bertz CT molecular complexity index is 1160. The van der Waals surface area contributed by atoms with E-state index in [9.17, 15) is 9.59 Å². The molecule has 2 aromatic heterocycles. The van der Waals surface area contributed by atoms with Gasteiger partial charge in [-0.15, -0.1) is 0 Å². The second-order valence-electron chi connectivity index (χ2n) is 5.18. The number of hydrazone groups is 1. The zero-order valence-corrected chi connectivity index (χ0v) is 17.3. The minimum atomic E-state index is -1.34. The summed E-state index contributed by atoms with van der Waals surface area (Å²) in [5.41, 5.74) is 7.58. The number of hydrogen-bond donors (Lipinski definition) is 3. The van der Waals surface area contributed by atoms with E-state index >= 15 is 0 Å². The van der Waals surface area contributed by atoms with E-state index in [1.807, 2.05) is 0 Å². The first kappa shape index (κ1) is 20.2. The number of carbonyl (C=O) groups is 2. The maximum Gasteiger partial charge on any atom is 0.412 e. The van der Waals surface area contributed by atoms with Gasteiger partial charge in [-0.05, 0) is 50.1 Å².